The van der Waals surface area contributed by atoms with Crippen molar-refractivity contribution in [3.63, 3.8) is 0 Å². The van der Waals surface area contributed by atoms with Crippen molar-refractivity contribution in [2.45, 2.75) is 0 Å². The van der Waals surface area contributed by atoms with Gasteiger partial charge >= 0.3 is 0 Å². The summed E-state index contributed by atoms with van der Waals surface area (Å²) in [6.45, 7) is 0. The zero-order valence-electron chi connectivity index (χ0n) is 10.5. The van der Waals surface area contributed by atoms with Gasteiger partial charge in [-0.15, -0.1) is 0 Å². The Balaban J connectivity index is 1.97. The van der Waals surface area contributed by atoms with Crippen LogP contribution < -0.4 is 0 Å². The summed E-state index contributed by atoms with van der Waals surface area (Å²) in [6, 6.07) is 15.7. The lowest BCUT2D eigenvalue weighted by atomic mass is 10.2. The standard InChI is InChI=1S/C16H10ClN3/c17-13-6-4-11(5-7-13)15-18-10-12-9-14-3-1-2-8-20(14)16(12)19-15/h1-10H. The highest BCUT2D eigenvalue weighted by molar-refractivity contribution is 6.30. The first-order chi connectivity index (χ1) is 9.81. The highest BCUT2D eigenvalue weighted by Gasteiger charge is 2.07. The minimum Gasteiger partial charge on any atom is -0.301 e. The fourth-order valence-corrected chi connectivity index (χ4v) is 2.47. The Hall–Kier alpha value is -2.39. The monoisotopic (exact) mass is 279 g/mol. The molecule has 4 rings (SSSR count). The van der Waals surface area contributed by atoms with E-state index in [0.717, 1.165) is 22.1 Å². The molecular formula is C16H10ClN3. The highest BCUT2D eigenvalue weighted by Crippen LogP contribution is 2.22. The largest absolute Gasteiger partial charge is 0.301 e. The number of nitrogens with zero attached hydrogens (tertiary/aromatic N) is 3. The van der Waals surface area contributed by atoms with Gasteiger partial charge in [-0.05, 0) is 42.5 Å². The summed E-state index contributed by atoms with van der Waals surface area (Å²) in [4.78, 5) is 9.11. The summed E-state index contributed by atoms with van der Waals surface area (Å²) in [5.74, 6) is 0.706. The van der Waals surface area contributed by atoms with Crippen LogP contribution in [0, 0.1) is 0 Å². The number of fused-ring (bicyclic) bond motifs is 3. The van der Waals surface area contributed by atoms with Crippen LogP contribution in [0.4, 0.5) is 0 Å². The van der Waals surface area contributed by atoms with Crippen LogP contribution in [-0.2, 0) is 0 Å². The number of benzene rings is 1. The SMILES string of the molecule is Clc1ccc(-c2ncc3cc4ccccn4c3n2)cc1. The fraction of sp³-hybridized carbons (Fsp3) is 0. The van der Waals surface area contributed by atoms with Crippen molar-refractivity contribution in [1.82, 2.24) is 14.4 Å². The zero-order chi connectivity index (χ0) is 13.5. The first-order valence-corrected chi connectivity index (χ1v) is 6.68. The van der Waals surface area contributed by atoms with E-state index in [-0.39, 0.29) is 0 Å². The average Bonchev–Trinajstić information content (AvgIpc) is 2.86. The zero-order valence-corrected chi connectivity index (χ0v) is 11.2. The van der Waals surface area contributed by atoms with E-state index in [1.54, 1.807) is 0 Å². The third-order valence-corrected chi connectivity index (χ3v) is 3.57. The molecule has 0 amide bonds. The van der Waals surface area contributed by atoms with E-state index in [1.807, 2.05) is 48.8 Å². The predicted octanol–water partition coefficient (Wildman–Crippen LogP) is 4.20. The summed E-state index contributed by atoms with van der Waals surface area (Å²) >= 11 is 5.91. The maximum atomic E-state index is 5.91. The van der Waals surface area contributed by atoms with Gasteiger partial charge in [-0.1, -0.05) is 17.7 Å². The molecule has 4 aromatic rings. The van der Waals surface area contributed by atoms with Crippen LogP contribution >= 0.6 is 11.6 Å². The highest BCUT2D eigenvalue weighted by atomic mass is 35.5. The molecule has 0 unspecified atom stereocenters. The third kappa shape index (κ3) is 1.75. The molecule has 0 bridgehead atoms. The second kappa shape index (κ2) is 4.32. The lowest BCUT2D eigenvalue weighted by molar-refractivity contribution is 1.15. The van der Waals surface area contributed by atoms with E-state index >= 15 is 0 Å². The van der Waals surface area contributed by atoms with Gasteiger partial charge in [-0.2, -0.15) is 0 Å². The lowest BCUT2D eigenvalue weighted by Crippen LogP contribution is -1.91. The maximum absolute atomic E-state index is 5.91. The van der Waals surface area contributed by atoms with E-state index < -0.39 is 0 Å². The van der Waals surface area contributed by atoms with Crippen LogP contribution in [0.15, 0.2) is 60.9 Å². The van der Waals surface area contributed by atoms with Crippen LogP contribution in [0.2, 0.25) is 5.02 Å². The number of hydrogen-bond donors (Lipinski definition) is 0. The third-order valence-electron chi connectivity index (χ3n) is 3.32. The van der Waals surface area contributed by atoms with Gasteiger partial charge in [0.25, 0.3) is 0 Å². The predicted molar refractivity (Wildman–Crippen MR) is 80.9 cm³/mol. The van der Waals surface area contributed by atoms with Gasteiger partial charge in [0.1, 0.15) is 5.65 Å². The normalized spacial score (nSPS) is 11.2. The molecule has 4 heteroatoms. The number of rotatable bonds is 1. The second-order valence-electron chi connectivity index (χ2n) is 4.62. The topological polar surface area (TPSA) is 30.2 Å². The van der Waals surface area contributed by atoms with Gasteiger partial charge in [0.05, 0.1) is 0 Å². The Bertz CT molecular complexity index is 910. The molecule has 3 aromatic heterocycles. The Morgan fingerprint density at radius 1 is 1.00 bits per heavy atom. The number of halogens is 1. The molecule has 0 spiro atoms. The minimum absolute atomic E-state index is 0.706. The molecule has 1 aromatic carbocycles. The van der Waals surface area contributed by atoms with Crippen molar-refractivity contribution in [2.24, 2.45) is 0 Å². The van der Waals surface area contributed by atoms with E-state index in [1.165, 1.54) is 0 Å². The number of aromatic nitrogens is 3. The van der Waals surface area contributed by atoms with Crippen molar-refractivity contribution in [1.29, 1.82) is 0 Å². The molecule has 0 aliphatic heterocycles. The Morgan fingerprint density at radius 3 is 2.70 bits per heavy atom. The Morgan fingerprint density at radius 2 is 1.85 bits per heavy atom. The first kappa shape index (κ1) is 11.4. The summed E-state index contributed by atoms with van der Waals surface area (Å²) < 4.78 is 2.07. The molecule has 3 nitrogen and oxygen atoms in total. The summed E-state index contributed by atoms with van der Waals surface area (Å²) in [5, 5.41) is 1.75. The van der Waals surface area contributed by atoms with E-state index in [2.05, 4.69) is 26.5 Å². The van der Waals surface area contributed by atoms with E-state index in [0.29, 0.717) is 10.8 Å². The minimum atomic E-state index is 0.706. The molecule has 0 saturated heterocycles. The van der Waals surface area contributed by atoms with Crippen molar-refractivity contribution in [3.05, 3.63) is 65.9 Å². The van der Waals surface area contributed by atoms with Crippen molar-refractivity contribution in [2.75, 3.05) is 0 Å². The van der Waals surface area contributed by atoms with Crippen LogP contribution in [0.1, 0.15) is 0 Å². The number of pyridine rings is 1. The van der Waals surface area contributed by atoms with Gasteiger partial charge in [0.2, 0.25) is 0 Å². The molecule has 0 atom stereocenters. The van der Waals surface area contributed by atoms with Gasteiger partial charge in [-0.25, -0.2) is 9.97 Å². The average molecular weight is 280 g/mol. The van der Waals surface area contributed by atoms with E-state index in [9.17, 15) is 0 Å². The molecule has 0 aliphatic rings. The van der Waals surface area contributed by atoms with Crippen LogP contribution in [0.25, 0.3) is 27.9 Å². The maximum Gasteiger partial charge on any atom is 0.161 e. The van der Waals surface area contributed by atoms with Crippen molar-refractivity contribution >= 4 is 28.2 Å². The van der Waals surface area contributed by atoms with Crippen molar-refractivity contribution in [3.8, 4) is 11.4 Å². The van der Waals surface area contributed by atoms with Crippen LogP contribution in [-0.4, -0.2) is 14.4 Å². The molecule has 96 valence electrons. The smallest absolute Gasteiger partial charge is 0.161 e. The second-order valence-corrected chi connectivity index (χ2v) is 5.06. The molecule has 20 heavy (non-hydrogen) atoms. The van der Waals surface area contributed by atoms with Gasteiger partial charge in [0, 0.05) is 33.9 Å². The summed E-state index contributed by atoms with van der Waals surface area (Å²) in [6.07, 6.45) is 3.87. The molecule has 0 saturated carbocycles. The van der Waals surface area contributed by atoms with Crippen molar-refractivity contribution < 1.29 is 0 Å². The molecule has 0 N–H and O–H groups in total. The van der Waals surface area contributed by atoms with Gasteiger partial charge in [-0.3, -0.25) is 0 Å². The lowest BCUT2D eigenvalue weighted by Gasteiger charge is -2.01. The first-order valence-electron chi connectivity index (χ1n) is 6.30. The quantitative estimate of drug-likeness (QED) is 0.523. The van der Waals surface area contributed by atoms with Gasteiger partial charge < -0.3 is 4.40 Å². The van der Waals surface area contributed by atoms with Crippen LogP contribution in [0.5, 0.6) is 0 Å². The molecule has 3 heterocycles. The van der Waals surface area contributed by atoms with Gasteiger partial charge in [0.15, 0.2) is 5.82 Å². The van der Waals surface area contributed by atoms with E-state index in [4.69, 9.17) is 11.6 Å². The molecule has 0 fully saturated rings. The molecular weight excluding hydrogens is 270 g/mol. The number of hydrogen-bond acceptors (Lipinski definition) is 2. The molecule has 0 aliphatic carbocycles. The fourth-order valence-electron chi connectivity index (χ4n) is 2.34. The summed E-state index contributed by atoms with van der Waals surface area (Å²) in [5.41, 5.74) is 2.99. The summed E-state index contributed by atoms with van der Waals surface area (Å²) in [7, 11) is 0. The Labute approximate surface area is 120 Å². The van der Waals surface area contributed by atoms with Crippen LogP contribution in [0.3, 0.4) is 0 Å². The molecule has 0 radical (unpaired) electrons. The Kier molecular flexibility index (Phi) is 2.47.